The Balaban J connectivity index is 1.65. The molecular formula is C16H21ClN2OS. The fourth-order valence-corrected chi connectivity index (χ4v) is 4.47. The van der Waals surface area contributed by atoms with Crippen molar-refractivity contribution in [2.75, 3.05) is 31.9 Å². The van der Waals surface area contributed by atoms with Gasteiger partial charge in [0.2, 0.25) is 5.91 Å². The number of piperidine rings is 1. The average Bonchev–Trinajstić information content (AvgIpc) is 2.87. The predicted octanol–water partition coefficient (Wildman–Crippen LogP) is 3.40. The topological polar surface area (TPSA) is 23.6 Å². The molecule has 1 unspecified atom stereocenters. The smallest absolute Gasteiger partial charge is 0.233 e. The molecule has 2 aliphatic rings. The number of benzene rings is 1. The van der Waals surface area contributed by atoms with Crippen molar-refractivity contribution in [1.82, 2.24) is 9.80 Å². The highest BCUT2D eigenvalue weighted by atomic mass is 35.5. The highest BCUT2D eigenvalue weighted by Crippen LogP contribution is 2.39. The standard InChI is InChI=1S/C16H21ClN2OS/c17-14-6-4-5-13(11-14)16-19(15(20)12-21-16)10-9-18-7-2-1-3-8-18/h4-6,11,16H,1-3,7-10,12H2. The van der Waals surface area contributed by atoms with Crippen molar-refractivity contribution < 1.29 is 4.79 Å². The Bertz CT molecular complexity index is 505. The maximum absolute atomic E-state index is 12.2. The first-order valence-corrected chi connectivity index (χ1v) is 9.05. The van der Waals surface area contributed by atoms with Crippen LogP contribution in [0, 0.1) is 0 Å². The van der Waals surface area contributed by atoms with Crippen LogP contribution in [0.5, 0.6) is 0 Å². The van der Waals surface area contributed by atoms with E-state index >= 15 is 0 Å². The van der Waals surface area contributed by atoms with E-state index in [1.165, 1.54) is 32.4 Å². The largest absolute Gasteiger partial charge is 0.325 e. The zero-order valence-corrected chi connectivity index (χ0v) is 13.7. The highest BCUT2D eigenvalue weighted by Gasteiger charge is 2.32. The van der Waals surface area contributed by atoms with Crippen LogP contribution in [0.3, 0.4) is 0 Å². The first-order chi connectivity index (χ1) is 10.2. The van der Waals surface area contributed by atoms with Crippen molar-refractivity contribution in [1.29, 1.82) is 0 Å². The average molecular weight is 325 g/mol. The van der Waals surface area contributed by atoms with E-state index in [0.29, 0.717) is 5.75 Å². The van der Waals surface area contributed by atoms with Crippen LogP contribution in [0.4, 0.5) is 0 Å². The van der Waals surface area contributed by atoms with E-state index in [-0.39, 0.29) is 11.3 Å². The quantitative estimate of drug-likeness (QED) is 0.848. The van der Waals surface area contributed by atoms with E-state index in [1.54, 1.807) is 11.8 Å². The summed E-state index contributed by atoms with van der Waals surface area (Å²) < 4.78 is 0. The number of carbonyl (C=O) groups excluding carboxylic acids is 1. The highest BCUT2D eigenvalue weighted by molar-refractivity contribution is 8.00. The molecular weight excluding hydrogens is 304 g/mol. The Kier molecular flexibility index (Phi) is 5.09. The van der Waals surface area contributed by atoms with Gasteiger partial charge in [-0.05, 0) is 43.6 Å². The minimum absolute atomic E-state index is 0.126. The molecule has 0 spiro atoms. The van der Waals surface area contributed by atoms with Gasteiger partial charge in [0.15, 0.2) is 0 Å². The van der Waals surface area contributed by atoms with Crippen LogP contribution in [-0.2, 0) is 4.79 Å². The second-order valence-corrected chi connectivity index (χ2v) is 7.21. The van der Waals surface area contributed by atoms with Gasteiger partial charge >= 0.3 is 0 Å². The molecule has 2 heterocycles. The van der Waals surface area contributed by atoms with Gasteiger partial charge < -0.3 is 9.80 Å². The van der Waals surface area contributed by atoms with Crippen molar-refractivity contribution >= 4 is 29.3 Å². The molecule has 2 aliphatic heterocycles. The van der Waals surface area contributed by atoms with Gasteiger partial charge in [0.1, 0.15) is 5.37 Å². The summed E-state index contributed by atoms with van der Waals surface area (Å²) in [5.41, 5.74) is 1.14. The number of rotatable bonds is 4. The Morgan fingerprint density at radius 1 is 1.19 bits per heavy atom. The number of hydrogen-bond acceptors (Lipinski definition) is 3. The normalized spacial score (nSPS) is 23.8. The number of amides is 1. The molecule has 3 nitrogen and oxygen atoms in total. The van der Waals surface area contributed by atoms with E-state index in [4.69, 9.17) is 11.6 Å². The Hall–Kier alpha value is -0.710. The molecule has 21 heavy (non-hydrogen) atoms. The minimum atomic E-state index is 0.126. The van der Waals surface area contributed by atoms with Gasteiger partial charge in [-0.15, -0.1) is 11.8 Å². The molecule has 0 N–H and O–H groups in total. The summed E-state index contributed by atoms with van der Waals surface area (Å²) in [5, 5.41) is 0.865. The van der Waals surface area contributed by atoms with Crippen molar-refractivity contribution in [3.05, 3.63) is 34.9 Å². The predicted molar refractivity (Wildman–Crippen MR) is 88.7 cm³/mol. The SMILES string of the molecule is O=C1CSC(c2cccc(Cl)c2)N1CCN1CCCCC1. The first-order valence-electron chi connectivity index (χ1n) is 7.63. The molecule has 0 aliphatic carbocycles. The molecule has 1 atom stereocenters. The molecule has 2 saturated heterocycles. The van der Waals surface area contributed by atoms with E-state index in [9.17, 15) is 4.79 Å². The monoisotopic (exact) mass is 324 g/mol. The third-order valence-electron chi connectivity index (χ3n) is 4.21. The zero-order valence-electron chi connectivity index (χ0n) is 12.1. The van der Waals surface area contributed by atoms with Gasteiger partial charge in [0.25, 0.3) is 0 Å². The summed E-state index contributed by atoms with van der Waals surface area (Å²) in [6.07, 6.45) is 3.93. The molecule has 0 aromatic heterocycles. The summed E-state index contributed by atoms with van der Waals surface area (Å²) in [6.45, 7) is 4.17. The molecule has 1 aromatic rings. The summed E-state index contributed by atoms with van der Waals surface area (Å²) in [6, 6.07) is 7.89. The van der Waals surface area contributed by atoms with Crippen molar-refractivity contribution in [2.24, 2.45) is 0 Å². The molecule has 1 amide bonds. The van der Waals surface area contributed by atoms with E-state index in [1.807, 2.05) is 23.1 Å². The molecule has 0 bridgehead atoms. The zero-order chi connectivity index (χ0) is 14.7. The summed E-state index contributed by atoms with van der Waals surface area (Å²) >= 11 is 7.79. The van der Waals surface area contributed by atoms with Crippen LogP contribution in [0.15, 0.2) is 24.3 Å². The number of carbonyl (C=O) groups is 1. The fourth-order valence-electron chi connectivity index (χ4n) is 3.06. The molecule has 2 fully saturated rings. The van der Waals surface area contributed by atoms with Gasteiger partial charge in [-0.2, -0.15) is 0 Å². The number of halogens is 1. The summed E-state index contributed by atoms with van der Waals surface area (Å²) in [5.74, 6) is 0.832. The Morgan fingerprint density at radius 2 is 2.00 bits per heavy atom. The molecule has 1 aromatic carbocycles. The summed E-state index contributed by atoms with van der Waals surface area (Å²) in [7, 11) is 0. The van der Waals surface area contributed by atoms with Crippen LogP contribution in [0.25, 0.3) is 0 Å². The second kappa shape index (κ2) is 7.03. The molecule has 114 valence electrons. The van der Waals surface area contributed by atoms with E-state index < -0.39 is 0 Å². The van der Waals surface area contributed by atoms with Gasteiger partial charge in [-0.3, -0.25) is 4.79 Å². The van der Waals surface area contributed by atoms with Crippen LogP contribution in [0.2, 0.25) is 5.02 Å². The number of hydrogen-bond donors (Lipinski definition) is 0. The van der Waals surface area contributed by atoms with E-state index in [0.717, 1.165) is 23.7 Å². The lowest BCUT2D eigenvalue weighted by molar-refractivity contribution is -0.128. The number of nitrogens with zero attached hydrogens (tertiary/aromatic N) is 2. The lowest BCUT2D eigenvalue weighted by atomic mass is 10.1. The third kappa shape index (κ3) is 3.74. The molecule has 0 saturated carbocycles. The third-order valence-corrected chi connectivity index (χ3v) is 5.70. The lowest BCUT2D eigenvalue weighted by Crippen LogP contribution is -2.39. The van der Waals surface area contributed by atoms with Gasteiger partial charge in [0.05, 0.1) is 5.75 Å². The Morgan fingerprint density at radius 3 is 2.76 bits per heavy atom. The van der Waals surface area contributed by atoms with Crippen molar-refractivity contribution in [3.8, 4) is 0 Å². The van der Waals surface area contributed by atoms with Gasteiger partial charge in [-0.25, -0.2) is 0 Å². The molecule has 3 rings (SSSR count). The van der Waals surface area contributed by atoms with Crippen LogP contribution < -0.4 is 0 Å². The van der Waals surface area contributed by atoms with Gasteiger partial charge in [0, 0.05) is 18.1 Å². The number of likely N-dealkylation sites (tertiary alicyclic amines) is 1. The van der Waals surface area contributed by atoms with Crippen LogP contribution in [0.1, 0.15) is 30.2 Å². The lowest BCUT2D eigenvalue weighted by Gasteiger charge is -2.30. The number of thioether (sulfide) groups is 1. The molecule has 5 heteroatoms. The van der Waals surface area contributed by atoms with Crippen LogP contribution >= 0.6 is 23.4 Å². The van der Waals surface area contributed by atoms with Gasteiger partial charge in [-0.1, -0.05) is 30.2 Å². The maximum atomic E-state index is 12.2. The second-order valence-electron chi connectivity index (χ2n) is 5.71. The Labute approximate surface area is 135 Å². The first kappa shape index (κ1) is 15.2. The van der Waals surface area contributed by atoms with Crippen molar-refractivity contribution in [2.45, 2.75) is 24.6 Å². The van der Waals surface area contributed by atoms with Crippen LogP contribution in [-0.4, -0.2) is 47.6 Å². The van der Waals surface area contributed by atoms with E-state index in [2.05, 4.69) is 11.0 Å². The summed E-state index contributed by atoms with van der Waals surface area (Å²) in [4.78, 5) is 16.7. The minimum Gasteiger partial charge on any atom is -0.325 e. The fraction of sp³-hybridized carbons (Fsp3) is 0.562. The molecule has 0 radical (unpaired) electrons. The van der Waals surface area contributed by atoms with Crippen molar-refractivity contribution in [3.63, 3.8) is 0 Å². The maximum Gasteiger partial charge on any atom is 0.233 e.